The van der Waals surface area contributed by atoms with Crippen LogP contribution in [-0.4, -0.2) is 17.9 Å². The third-order valence-corrected chi connectivity index (χ3v) is 5.51. The molecule has 0 spiro atoms. The van der Waals surface area contributed by atoms with Gasteiger partial charge in [0.15, 0.2) is 0 Å². The van der Waals surface area contributed by atoms with Gasteiger partial charge in [-0.2, -0.15) is 0 Å². The average Bonchev–Trinajstić information content (AvgIpc) is 2.79. The highest BCUT2D eigenvalue weighted by molar-refractivity contribution is 5.64. The standard InChI is InChI=1S/3C8H16O2.C6H14/c3*1-2-3-4-5-6-7-8(9)10;1-5-6(2,3)4/h3*2-7H2,1H3,(H,9,10);5H2,1-4H3/p-3. The van der Waals surface area contributed by atoms with Gasteiger partial charge in [0.2, 0.25) is 0 Å². The van der Waals surface area contributed by atoms with Gasteiger partial charge in [0, 0.05) is 17.9 Å². The fourth-order valence-corrected chi connectivity index (χ4v) is 2.62. The highest BCUT2D eigenvalue weighted by Gasteiger charge is 2.03. The summed E-state index contributed by atoms with van der Waals surface area (Å²) in [6.07, 6.45) is 18.1. The molecule has 36 heavy (non-hydrogen) atoms. The second-order valence-corrected chi connectivity index (χ2v) is 10.5. The van der Waals surface area contributed by atoms with Crippen molar-refractivity contribution in [1.29, 1.82) is 0 Å². The van der Waals surface area contributed by atoms with Crippen molar-refractivity contribution < 1.29 is 29.7 Å². The van der Waals surface area contributed by atoms with E-state index in [0.29, 0.717) is 5.41 Å². The summed E-state index contributed by atoms with van der Waals surface area (Å²) < 4.78 is 0. The van der Waals surface area contributed by atoms with E-state index >= 15 is 0 Å². The van der Waals surface area contributed by atoms with Gasteiger partial charge in [-0.15, -0.1) is 0 Å². The van der Waals surface area contributed by atoms with Crippen LogP contribution in [-0.2, 0) is 14.4 Å². The topological polar surface area (TPSA) is 120 Å². The molecule has 0 aliphatic heterocycles. The number of carbonyl (C=O) groups excluding carboxylic acids is 3. The predicted molar refractivity (Wildman–Crippen MR) is 145 cm³/mol. The Morgan fingerprint density at radius 3 is 0.778 bits per heavy atom. The fraction of sp³-hybridized carbons (Fsp3) is 0.900. The van der Waals surface area contributed by atoms with Crippen LogP contribution in [0.25, 0.3) is 0 Å². The summed E-state index contributed by atoms with van der Waals surface area (Å²) in [6, 6.07) is 0. The lowest BCUT2D eigenvalue weighted by Gasteiger charge is -2.12. The maximum absolute atomic E-state index is 9.92. The van der Waals surface area contributed by atoms with Crippen LogP contribution < -0.4 is 15.3 Å². The van der Waals surface area contributed by atoms with E-state index in [0.717, 1.165) is 57.8 Å². The van der Waals surface area contributed by atoms with Gasteiger partial charge in [-0.1, -0.05) is 132 Å². The first kappa shape index (κ1) is 41.5. The molecule has 0 unspecified atom stereocenters. The molecular weight excluding hydrogens is 456 g/mol. The van der Waals surface area contributed by atoms with Crippen LogP contribution in [0.4, 0.5) is 0 Å². The average molecular weight is 516 g/mol. The number of carbonyl (C=O) groups is 3. The monoisotopic (exact) mass is 515 g/mol. The Balaban J connectivity index is -0.000000193. The normalized spacial score (nSPS) is 10.1. The third-order valence-electron chi connectivity index (χ3n) is 5.51. The largest absolute Gasteiger partial charge is 0.550 e. The first-order chi connectivity index (χ1) is 16.9. The fourth-order valence-electron chi connectivity index (χ4n) is 2.62. The summed E-state index contributed by atoms with van der Waals surface area (Å²) in [5.74, 6) is -2.76. The number of aliphatic carboxylic acids is 3. The van der Waals surface area contributed by atoms with Crippen molar-refractivity contribution in [2.75, 3.05) is 0 Å². The summed E-state index contributed by atoms with van der Waals surface area (Å²) in [5.41, 5.74) is 0.542. The van der Waals surface area contributed by atoms with Crippen LogP contribution in [0, 0.1) is 5.41 Å². The maximum atomic E-state index is 9.92. The number of carboxylic acid groups (broad SMARTS) is 3. The quantitative estimate of drug-likeness (QED) is 0.215. The molecule has 0 fully saturated rings. The van der Waals surface area contributed by atoms with Crippen molar-refractivity contribution in [3.8, 4) is 0 Å². The molecule has 0 amide bonds. The van der Waals surface area contributed by atoms with E-state index in [1.54, 1.807) is 0 Å². The minimum absolute atomic E-state index is 0.226. The van der Waals surface area contributed by atoms with E-state index in [4.69, 9.17) is 0 Å². The highest BCUT2D eigenvalue weighted by Crippen LogP contribution is 2.16. The maximum Gasteiger partial charge on any atom is 0.0414 e. The molecule has 0 saturated carbocycles. The van der Waals surface area contributed by atoms with Gasteiger partial charge in [0.05, 0.1) is 0 Å². The Bertz CT molecular complexity index is 411. The van der Waals surface area contributed by atoms with Crippen LogP contribution in [0.3, 0.4) is 0 Å². The molecule has 0 aromatic carbocycles. The van der Waals surface area contributed by atoms with Gasteiger partial charge in [-0.3, -0.25) is 0 Å². The smallest absolute Gasteiger partial charge is 0.0414 e. The molecule has 6 nitrogen and oxygen atoms in total. The zero-order valence-electron chi connectivity index (χ0n) is 24.9. The molecule has 0 aliphatic carbocycles. The van der Waals surface area contributed by atoms with Gasteiger partial charge in [-0.05, 0) is 43.9 Å². The minimum atomic E-state index is -0.920. The molecule has 0 N–H and O–H groups in total. The van der Waals surface area contributed by atoms with Gasteiger partial charge in [-0.25, -0.2) is 0 Å². The van der Waals surface area contributed by atoms with Crippen molar-refractivity contribution in [3.63, 3.8) is 0 Å². The Labute approximate surface area is 223 Å². The van der Waals surface area contributed by atoms with Crippen LogP contribution in [0.1, 0.15) is 170 Å². The van der Waals surface area contributed by atoms with Crippen LogP contribution in [0.5, 0.6) is 0 Å². The number of hydrogen-bond acceptors (Lipinski definition) is 6. The Hall–Kier alpha value is -1.59. The van der Waals surface area contributed by atoms with Crippen LogP contribution >= 0.6 is 0 Å². The van der Waals surface area contributed by atoms with E-state index in [1.165, 1.54) is 44.9 Å². The summed E-state index contributed by atoms with van der Waals surface area (Å²) in [4.78, 5) is 29.8. The van der Waals surface area contributed by atoms with Crippen LogP contribution in [0.15, 0.2) is 0 Å². The number of hydrogen-bond donors (Lipinski definition) is 0. The van der Waals surface area contributed by atoms with E-state index in [-0.39, 0.29) is 19.3 Å². The van der Waals surface area contributed by atoms with Gasteiger partial charge in [0.1, 0.15) is 0 Å². The molecule has 0 saturated heterocycles. The molecule has 0 rings (SSSR count). The summed E-state index contributed by atoms with van der Waals surface area (Å²) in [6.45, 7) is 15.4. The van der Waals surface area contributed by atoms with Crippen molar-refractivity contribution in [3.05, 3.63) is 0 Å². The first-order valence-corrected chi connectivity index (χ1v) is 14.5. The molecule has 0 bridgehead atoms. The van der Waals surface area contributed by atoms with Gasteiger partial charge < -0.3 is 29.7 Å². The second-order valence-electron chi connectivity index (χ2n) is 10.5. The lowest BCUT2D eigenvalue weighted by Crippen LogP contribution is -2.21. The van der Waals surface area contributed by atoms with Crippen molar-refractivity contribution in [2.24, 2.45) is 5.41 Å². The van der Waals surface area contributed by atoms with E-state index in [1.807, 2.05) is 0 Å². The highest BCUT2D eigenvalue weighted by atomic mass is 16.4. The molecular formula is C30H59O6-3. The number of rotatable bonds is 18. The SMILES string of the molecule is CCC(C)(C)C.CCCCCCCC(=O)[O-].CCCCCCCC(=O)[O-].CCCCCCCC(=O)[O-]. The predicted octanol–water partition coefficient (Wildman–Crippen LogP) is 5.73. The van der Waals surface area contributed by atoms with Gasteiger partial charge in [0.25, 0.3) is 0 Å². The zero-order valence-corrected chi connectivity index (χ0v) is 24.9. The number of carboxylic acids is 3. The Morgan fingerprint density at radius 2 is 0.639 bits per heavy atom. The zero-order chi connectivity index (χ0) is 28.7. The summed E-state index contributed by atoms with van der Waals surface area (Å²) >= 11 is 0. The minimum Gasteiger partial charge on any atom is -0.550 e. The Kier molecular flexibility index (Phi) is 38.5. The number of unbranched alkanes of at least 4 members (excludes halogenated alkanes) is 12. The van der Waals surface area contributed by atoms with E-state index in [2.05, 4.69) is 48.5 Å². The van der Waals surface area contributed by atoms with E-state index < -0.39 is 17.9 Å². The van der Waals surface area contributed by atoms with E-state index in [9.17, 15) is 29.7 Å². The molecule has 0 atom stereocenters. The molecule has 0 aromatic rings. The lowest BCUT2D eigenvalue weighted by molar-refractivity contribution is -0.307. The molecule has 0 aromatic heterocycles. The van der Waals surface area contributed by atoms with Gasteiger partial charge >= 0.3 is 0 Å². The molecule has 0 radical (unpaired) electrons. The van der Waals surface area contributed by atoms with Crippen molar-refractivity contribution in [1.82, 2.24) is 0 Å². The second kappa shape index (κ2) is 33.4. The lowest BCUT2D eigenvalue weighted by atomic mass is 9.94. The summed E-state index contributed by atoms with van der Waals surface area (Å²) in [5, 5.41) is 29.8. The Morgan fingerprint density at radius 1 is 0.444 bits per heavy atom. The van der Waals surface area contributed by atoms with Crippen molar-refractivity contribution >= 4 is 17.9 Å². The molecule has 0 heterocycles. The molecule has 6 heteroatoms. The van der Waals surface area contributed by atoms with Crippen molar-refractivity contribution in [2.45, 2.75) is 170 Å². The third kappa shape index (κ3) is 63.7. The molecule has 218 valence electrons. The molecule has 0 aliphatic rings. The van der Waals surface area contributed by atoms with Crippen LogP contribution in [0.2, 0.25) is 0 Å². The first-order valence-electron chi connectivity index (χ1n) is 14.5. The summed E-state index contributed by atoms with van der Waals surface area (Å²) in [7, 11) is 0.